The number of aliphatic hydroxyl groups is 1. The minimum Gasteiger partial charge on any atom is -0.391 e. The zero-order chi connectivity index (χ0) is 12.5. The molecule has 1 heterocycles. The van der Waals surface area contributed by atoms with Gasteiger partial charge >= 0.3 is 6.18 Å². The molecule has 2 nitrogen and oxygen atoms in total. The van der Waals surface area contributed by atoms with Gasteiger partial charge in [-0.2, -0.15) is 13.2 Å². The Balaban J connectivity index is 0.00000162. The van der Waals surface area contributed by atoms with Gasteiger partial charge in [0, 0.05) is 12.5 Å². The molecule has 1 aliphatic heterocycles. The van der Waals surface area contributed by atoms with E-state index in [0.29, 0.717) is 6.54 Å². The molecule has 1 aliphatic rings. The Labute approximate surface area is 110 Å². The molecule has 1 saturated heterocycles. The fourth-order valence-electron chi connectivity index (χ4n) is 2.15. The molecule has 0 saturated carbocycles. The van der Waals surface area contributed by atoms with Gasteiger partial charge in [0.25, 0.3) is 0 Å². The summed E-state index contributed by atoms with van der Waals surface area (Å²) in [6.45, 7) is 1.27. The van der Waals surface area contributed by atoms with Crippen molar-refractivity contribution in [2.45, 2.75) is 24.6 Å². The number of β-amino-alcohol motifs (C(OH)–C–C–N with tert-alkyl or cyclic N) is 1. The van der Waals surface area contributed by atoms with E-state index in [1.807, 2.05) is 0 Å². The molecule has 0 amide bonds. The van der Waals surface area contributed by atoms with E-state index in [2.05, 4.69) is 5.32 Å². The van der Waals surface area contributed by atoms with Crippen molar-refractivity contribution < 1.29 is 18.3 Å². The van der Waals surface area contributed by atoms with Gasteiger partial charge in [-0.05, 0) is 30.7 Å². The highest BCUT2D eigenvalue weighted by atomic mass is 35.5. The van der Waals surface area contributed by atoms with Gasteiger partial charge in [-0.3, -0.25) is 0 Å². The highest BCUT2D eigenvalue weighted by Crippen LogP contribution is 2.32. The Bertz CT molecular complexity index is 380. The van der Waals surface area contributed by atoms with Gasteiger partial charge < -0.3 is 10.4 Å². The number of aliphatic hydroxyl groups excluding tert-OH is 1. The molecule has 102 valence electrons. The predicted octanol–water partition coefficient (Wildman–Crippen LogP) is 2.57. The Hall–Kier alpha value is -0.780. The van der Waals surface area contributed by atoms with Crippen LogP contribution in [0.4, 0.5) is 13.2 Å². The highest BCUT2D eigenvalue weighted by Gasteiger charge is 2.31. The maximum atomic E-state index is 12.4. The van der Waals surface area contributed by atoms with Crippen molar-refractivity contribution >= 4 is 12.4 Å². The summed E-state index contributed by atoms with van der Waals surface area (Å²) in [6, 6.07) is 5.07. The molecule has 2 unspecified atom stereocenters. The summed E-state index contributed by atoms with van der Waals surface area (Å²) in [6.07, 6.45) is -4.09. The van der Waals surface area contributed by atoms with Gasteiger partial charge in [0.05, 0.1) is 11.7 Å². The summed E-state index contributed by atoms with van der Waals surface area (Å²) in [7, 11) is 0. The van der Waals surface area contributed by atoms with Crippen LogP contribution in [0.1, 0.15) is 23.5 Å². The van der Waals surface area contributed by atoms with E-state index < -0.39 is 17.8 Å². The maximum absolute atomic E-state index is 12.4. The molecule has 1 aromatic rings. The van der Waals surface area contributed by atoms with Gasteiger partial charge in [-0.15, -0.1) is 12.4 Å². The summed E-state index contributed by atoms with van der Waals surface area (Å²) in [5.41, 5.74) is 0.122. The van der Waals surface area contributed by atoms with Crippen LogP contribution in [0, 0.1) is 0 Å². The molecule has 2 atom stereocenters. The molecule has 0 spiro atoms. The van der Waals surface area contributed by atoms with Gasteiger partial charge in [0.1, 0.15) is 0 Å². The molecule has 1 aromatic carbocycles. The Morgan fingerprint density at radius 2 is 1.78 bits per heavy atom. The van der Waals surface area contributed by atoms with E-state index in [1.165, 1.54) is 12.1 Å². The lowest BCUT2D eigenvalue weighted by molar-refractivity contribution is -0.137. The van der Waals surface area contributed by atoms with Crippen LogP contribution < -0.4 is 5.32 Å². The summed E-state index contributed by atoms with van der Waals surface area (Å²) in [5, 5.41) is 12.8. The highest BCUT2D eigenvalue weighted by molar-refractivity contribution is 5.85. The largest absolute Gasteiger partial charge is 0.416 e. The van der Waals surface area contributed by atoms with E-state index in [-0.39, 0.29) is 18.3 Å². The number of benzene rings is 1. The van der Waals surface area contributed by atoms with Crippen molar-refractivity contribution in [3.8, 4) is 0 Å². The van der Waals surface area contributed by atoms with Crippen LogP contribution in [0.25, 0.3) is 0 Å². The maximum Gasteiger partial charge on any atom is 0.416 e. The van der Waals surface area contributed by atoms with Crippen LogP contribution in [0.15, 0.2) is 24.3 Å². The standard InChI is InChI=1S/C12H14F3NO.ClH/c13-12(14,15)9-3-1-8(2-4-9)10-5-6-16-7-11(10)17;/h1-4,10-11,16-17H,5-7H2;1H. The smallest absolute Gasteiger partial charge is 0.391 e. The van der Waals surface area contributed by atoms with Gasteiger partial charge in [-0.25, -0.2) is 0 Å². The fraction of sp³-hybridized carbons (Fsp3) is 0.500. The summed E-state index contributed by atoms with van der Waals surface area (Å²) in [4.78, 5) is 0. The Morgan fingerprint density at radius 1 is 1.17 bits per heavy atom. The first-order valence-electron chi connectivity index (χ1n) is 5.54. The second kappa shape index (κ2) is 5.91. The number of hydrogen-bond donors (Lipinski definition) is 2. The lowest BCUT2D eigenvalue weighted by atomic mass is 9.87. The third-order valence-electron chi connectivity index (χ3n) is 3.12. The normalized spacial score (nSPS) is 24.4. The molecule has 0 aromatic heterocycles. The van der Waals surface area contributed by atoms with E-state index in [4.69, 9.17) is 0 Å². The number of piperidine rings is 1. The fourth-order valence-corrected chi connectivity index (χ4v) is 2.15. The van der Waals surface area contributed by atoms with Crippen molar-refractivity contribution in [2.75, 3.05) is 13.1 Å². The van der Waals surface area contributed by atoms with Gasteiger partial charge in [0.2, 0.25) is 0 Å². The molecular formula is C12H15ClF3NO. The van der Waals surface area contributed by atoms with Crippen LogP contribution in [0.2, 0.25) is 0 Å². The Morgan fingerprint density at radius 3 is 2.28 bits per heavy atom. The molecule has 0 aliphatic carbocycles. The zero-order valence-corrected chi connectivity index (χ0v) is 10.4. The zero-order valence-electron chi connectivity index (χ0n) is 9.57. The average Bonchev–Trinajstić information content (AvgIpc) is 2.29. The molecule has 1 fully saturated rings. The monoisotopic (exact) mass is 281 g/mol. The van der Waals surface area contributed by atoms with Crippen molar-refractivity contribution in [1.29, 1.82) is 0 Å². The summed E-state index contributed by atoms with van der Waals surface area (Å²) < 4.78 is 37.1. The second-order valence-corrected chi connectivity index (χ2v) is 4.29. The number of alkyl halides is 3. The molecule has 18 heavy (non-hydrogen) atoms. The first-order chi connectivity index (χ1) is 7.98. The van der Waals surface area contributed by atoms with Crippen molar-refractivity contribution in [2.24, 2.45) is 0 Å². The molecule has 0 bridgehead atoms. The van der Waals surface area contributed by atoms with Crippen LogP contribution in [-0.4, -0.2) is 24.3 Å². The first kappa shape index (κ1) is 15.3. The minimum absolute atomic E-state index is 0. The number of hydrogen-bond acceptors (Lipinski definition) is 2. The van der Waals surface area contributed by atoms with Gasteiger partial charge in [0.15, 0.2) is 0 Å². The summed E-state index contributed by atoms with van der Waals surface area (Å²) >= 11 is 0. The average molecular weight is 282 g/mol. The number of rotatable bonds is 1. The third-order valence-corrected chi connectivity index (χ3v) is 3.12. The molecule has 0 radical (unpaired) electrons. The van der Waals surface area contributed by atoms with E-state index in [9.17, 15) is 18.3 Å². The van der Waals surface area contributed by atoms with Crippen LogP contribution >= 0.6 is 12.4 Å². The number of halogens is 4. The van der Waals surface area contributed by atoms with E-state index >= 15 is 0 Å². The topological polar surface area (TPSA) is 32.3 Å². The van der Waals surface area contributed by atoms with Crippen LogP contribution in [0.5, 0.6) is 0 Å². The van der Waals surface area contributed by atoms with Crippen molar-refractivity contribution in [1.82, 2.24) is 5.32 Å². The van der Waals surface area contributed by atoms with Gasteiger partial charge in [-0.1, -0.05) is 12.1 Å². The first-order valence-corrected chi connectivity index (χ1v) is 5.54. The van der Waals surface area contributed by atoms with Crippen molar-refractivity contribution in [3.05, 3.63) is 35.4 Å². The quantitative estimate of drug-likeness (QED) is 0.829. The lowest BCUT2D eigenvalue weighted by Crippen LogP contribution is -2.39. The van der Waals surface area contributed by atoms with E-state index in [0.717, 1.165) is 30.7 Å². The number of nitrogens with one attached hydrogen (secondary N) is 1. The lowest BCUT2D eigenvalue weighted by Gasteiger charge is -2.28. The predicted molar refractivity (Wildman–Crippen MR) is 64.9 cm³/mol. The molecule has 6 heteroatoms. The molecular weight excluding hydrogens is 267 g/mol. The SMILES string of the molecule is Cl.OC1CNCCC1c1ccc(C(F)(F)F)cc1. The summed E-state index contributed by atoms with van der Waals surface area (Å²) in [5.74, 6) is -0.0708. The second-order valence-electron chi connectivity index (χ2n) is 4.29. The molecule has 2 rings (SSSR count). The Kier molecular flexibility index (Phi) is 5.01. The van der Waals surface area contributed by atoms with E-state index in [1.54, 1.807) is 0 Å². The third kappa shape index (κ3) is 3.37. The molecule has 2 N–H and O–H groups in total. The minimum atomic E-state index is -4.30. The van der Waals surface area contributed by atoms with Crippen LogP contribution in [-0.2, 0) is 6.18 Å². The van der Waals surface area contributed by atoms with Crippen LogP contribution in [0.3, 0.4) is 0 Å². The van der Waals surface area contributed by atoms with Crippen molar-refractivity contribution in [3.63, 3.8) is 0 Å².